The maximum atomic E-state index is 2.43. The standard InChI is InChI=1S/2C14H30.C11H24/c1-7-12(4)9-14(6)10-13(5)8-11(2)3;1-7-12(4)10-14(6)13(5)9-8-11(2)3;1-5-11(4)9-7-6-8-10(2)3/h2*11-14H,7-10H2,1-6H3;10-11H,5-9H2,1-4H3. The number of rotatable bonds is 20. The fraction of sp³-hybridized carbons (Fsp3) is 1.00. The van der Waals surface area contributed by atoms with Gasteiger partial charge in [-0.2, -0.15) is 0 Å². The van der Waals surface area contributed by atoms with E-state index in [0.29, 0.717) is 0 Å². The summed E-state index contributed by atoms with van der Waals surface area (Å²) in [5, 5.41) is 0. The van der Waals surface area contributed by atoms with E-state index in [9.17, 15) is 0 Å². The van der Waals surface area contributed by atoms with Gasteiger partial charge in [0.15, 0.2) is 0 Å². The highest BCUT2D eigenvalue weighted by molar-refractivity contribution is 4.66. The third-order valence-corrected chi connectivity index (χ3v) is 9.25. The van der Waals surface area contributed by atoms with Gasteiger partial charge in [0.2, 0.25) is 0 Å². The highest BCUT2D eigenvalue weighted by Gasteiger charge is 2.15. The SMILES string of the molecule is CCC(C)CC(C)C(C)CCC(C)C.CCC(C)CC(C)CC(C)CC(C)C.CCC(C)CCCCC(C)C. The van der Waals surface area contributed by atoms with Crippen LogP contribution in [-0.4, -0.2) is 0 Å². The summed E-state index contributed by atoms with van der Waals surface area (Å²) in [6.45, 7) is 37.6. The van der Waals surface area contributed by atoms with E-state index in [4.69, 9.17) is 0 Å². The van der Waals surface area contributed by atoms with Crippen LogP contribution in [0.4, 0.5) is 0 Å². The quantitative estimate of drug-likeness (QED) is 0.132. The summed E-state index contributed by atoms with van der Waals surface area (Å²) in [5.41, 5.74) is 0. The van der Waals surface area contributed by atoms with Gasteiger partial charge in [0.25, 0.3) is 0 Å². The van der Waals surface area contributed by atoms with E-state index in [1.165, 1.54) is 83.5 Å². The summed E-state index contributed by atoms with van der Waals surface area (Å²) < 4.78 is 0. The van der Waals surface area contributed by atoms with Crippen molar-refractivity contribution in [2.45, 2.75) is 194 Å². The van der Waals surface area contributed by atoms with Crippen molar-refractivity contribution in [1.29, 1.82) is 0 Å². The highest BCUT2D eigenvalue weighted by atomic mass is 14.2. The molecule has 0 heterocycles. The van der Waals surface area contributed by atoms with Crippen LogP contribution in [0.5, 0.6) is 0 Å². The number of hydrogen-bond donors (Lipinski definition) is 0. The Morgan fingerprint density at radius 1 is 0.308 bits per heavy atom. The molecule has 0 saturated heterocycles. The monoisotopic (exact) mass is 553 g/mol. The van der Waals surface area contributed by atoms with Crippen molar-refractivity contribution in [3.05, 3.63) is 0 Å². The van der Waals surface area contributed by atoms with Gasteiger partial charge in [0.1, 0.15) is 0 Å². The molecular formula is C39H84. The Kier molecular flexibility index (Phi) is 31.3. The molecule has 0 rings (SSSR count). The van der Waals surface area contributed by atoms with Gasteiger partial charge >= 0.3 is 0 Å². The number of hydrogen-bond acceptors (Lipinski definition) is 0. The predicted molar refractivity (Wildman–Crippen MR) is 186 cm³/mol. The van der Waals surface area contributed by atoms with Crippen LogP contribution < -0.4 is 0 Å². The molecule has 0 N–H and O–H groups in total. The third-order valence-electron chi connectivity index (χ3n) is 9.25. The van der Waals surface area contributed by atoms with E-state index in [-0.39, 0.29) is 0 Å². The smallest absolute Gasteiger partial charge is 0.0414 e. The summed E-state index contributed by atoms with van der Waals surface area (Å²) >= 11 is 0. The van der Waals surface area contributed by atoms with Gasteiger partial charge in [-0.25, -0.2) is 0 Å². The second-order valence-electron chi connectivity index (χ2n) is 15.7. The van der Waals surface area contributed by atoms with Crippen LogP contribution in [0.25, 0.3) is 0 Å². The van der Waals surface area contributed by atoms with Crippen molar-refractivity contribution in [1.82, 2.24) is 0 Å². The van der Waals surface area contributed by atoms with Gasteiger partial charge in [0.05, 0.1) is 0 Å². The van der Waals surface area contributed by atoms with E-state index in [0.717, 1.165) is 59.2 Å². The van der Waals surface area contributed by atoms with Gasteiger partial charge < -0.3 is 0 Å². The van der Waals surface area contributed by atoms with Crippen LogP contribution in [-0.2, 0) is 0 Å². The second-order valence-corrected chi connectivity index (χ2v) is 15.7. The molecule has 0 saturated carbocycles. The van der Waals surface area contributed by atoms with Crippen molar-refractivity contribution < 1.29 is 0 Å². The second kappa shape index (κ2) is 28.1. The summed E-state index contributed by atoms with van der Waals surface area (Å²) in [7, 11) is 0. The molecule has 0 radical (unpaired) electrons. The first kappa shape index (κ1) is 43.5. The molecule has 0 nitrogen and oxygen atoms in total. The molecule has 0 aromatic carbocycles. The average molecular weight is 553 g/mol. The maximum absolute atomic E-state index is 2.43. The lowest BCUT2D eigenvalue weighted by molar-refractivity contribution is 0.282. The van der Waals surface area contributed by atoms with Gasteiger partial charge in [-0.15, -0.1) is 0 Å². The molecule has 0 heteroatoms. The topological polar surface area (TPSA) is 0 Å². The van der Waals surface area contributed by atoms with E-state index >= 15 is 0 Å². The van der Waals surface area contributed by atoms with Crippen LogP contribution in [0.15, 0.2) is 0 Å². The largest absolute Gasteiger partial charge is 0.0651 e. The van der Waals surface area contributed by atoms with Crippen molar-refractivity contribution in [3.63, 3.8) is 0 Å². The van der Waals surface area contributed by atoms with Crippen LogP contribution >= 0.6 is 0 Å². The van der Waals surface area contributed by atoms with Crippen molar-refractivity contribution in [2.24, 2.45) is 59.2 Å². The fourth-order valence-corrected chi connectivity index (χ4v) is 5.70. The molecule has 0 aliphatic heterocycles. The Morgan fingerprint density at radius 2 is 0.718 bits per heavy atom. The first-order valence-electron chi connectivity index (χ1n) is 18.1. The molecule has 39 heavy (non-hydrogen) atoms. The van der Waals surface area contributed by atoms with Gasteiger partial charge in [0, 0.05) is 0 Å². The minimum atomic E-state index is 0.862. The lowest BCUT2D eigenvalue weighted by Crippen LogP contribution is -2.12. The fourth-order valence-electron chi connectivity index (χ4n) is 5.70. The summed E-state index contributed by atoms with van der Waals surface area (Å²) in [6.07, 6.45) is 18.2. The molecule has 240 valence electrons. The normalized spacial score (nSPS) is 17.0. The minimum absolute atomic E-state index is 0.862. The molecule has 0 bridgehead atoms. The zero-order valence-corrected chi connectivity index (χ0v) is 31.0. The Balaban J connectivity index is -0.000000503. The molecule has 7 atom stereocenters. The molecule has 0 aromatic heterocycles. The summed E-state index contributed by atoms with van der Waals surface area (Å²) in [6, 6.07) is 0. The summed E-state index contributed by atoms with van der Waals surface area (Å²) in [4.78, 5) is 0. The first-order chi connectivity index (χ1) is 18.1. The molecule has 0 spiro atoms. The Morgan fingerprint density at radius 3 is 1.15 bits per heavy atom. The molecule has 0 fully saturated rings. The van der Waals surface area contributed by atoms with E-state index < -0.39 is 0 Å². The Bertz CT molecular complexity index is 461. The van der Waals surface area contributed by atoms with Crippen molar-refractivity contribution in [3.8, 4) is 0 Å². The van der Waals surface area contributed by atoms with Gasteiger partial charge in [-0.3, -0.25) is 0 Å². The third kappa shape index (κ3) is 34.1. The lowest BCUT2D eigenvalue weighted by Gasteiger charge is -2.23. The van der Waals surface area contributed by atoms with E-state index in [1.807, 2.05) is 0 Å². The Hall–Kier alpha value is 0. The highest BCUT2D eigenvalue weighted by Crippen LogP contribution is 2.26. The molecule has 0 amide bonds. The first-order valence-corrected chi connectivity index (χ1v) is 18.1. The zero-order chi connectivity index (χ0) is 31.0. The van der Waals surface area contributed by atoms with Gasteiger partial charge in [-0.1, -0.05) is 169 Å². The summed E-state index contributed by atoms with van der Waals surface area (Å²) in [5.74, 6) is 9.04. The van der Waals surface area contributed by atoms with E-state index in [2.05, 4.69) is 111 Å². The molecule has 0 aliphatic carbocycles. The molecular weight excluding hydrogens is 468 g/mol. The predicted octanol–water partition coefficient (Wildman–Crippen LogP) is 14.5. The van der Waals surface area contributed by atoms with Crippen molar-refractivity contribution >= 4 is 0 Å². The zero-order valence-electron chi connectivity index (χ0n) is 31.0. The van der Waals surface area contributed by atoms with Gasteiger partial charge in [-0.05, 0) is 84.9 Å². The minimum Gasteiger partial charge on any atom is -0.0651 e. The van der Waals surface area contributed by atoms with Crippen LogP contribution in [0.2, 0.25) is 0 Å². The average Bonchev–Trinajstić information content (AvgIpc) is 2.84. The number of unbranched alkanes of at least 4 members (excludes halogenated alkanes) is 1. The van der Waals surface area contributed by atoms with Crippen LogP contribution in [0.1, 0.15) is 194 Å². The van der Waals surface area contributed by atoms with Crippen molar-refractivity contribution in [2.75, 3.05) is 0 Å². The van der Waals surface area contributed by atoms with E-state index in [1.54, 1.807) is 0 Å². The lowest BCUT2D eigenvalue weighted by atomic mass is 9.83. The maximum Gasteiger partial charge on any atom is -0.0414 e. The molecule has 0 aliphatic rings. The molecule has 7 unspecified atom stereocenters. The molecule has 0 aromatic rings. The Labute approximate surface area is 253 Å². The van der Waals surface area contributed by atoms with Crippen LogP contribution in [0.3, 0.4) is 0 Å². The van der Waals surface area contributed by atoms with Crippen LogP contribution in [0, 0.1) is 59.2 Å².